The fraction of sp³-hybridized carbons (Fsp3) is 0.333. The summed E-state index contributed by atoms with van der Waals surface area (Å²) in [6, 6.07) is 16.2. The molecule has 4 N–H and O–H groups in total. The van der Waals surface area contributed by atoms with Gasteiger partial charge in [0.2, 0.25) is 0 Å². The average molecular weight is 445 g/mol. The zero-order chi connectivity index (χ0) is 22.1. The van der Waals surface area contributed by atoms with E-state index in [1.54, 1.807) is 23.5 Å². The number of benzene rings is 2. The molecule has 0 bridgehead atoms. The van der Waals surface area contributed by atoms with Crippen LogP contribution in [0.4, 0.5) is 4.39 Å². The molecule has 5 atom stereocenters. The summed E-state index contributed by atoms with van der Waals surface area (Å²) in [4.78, 5) is 2.19. The number of ether oxygens (including phenoxy) is 1. The van der Waals surface area contributed by atoms with Crippen LogP contribution in [0.2, 0.25) is 0 Å². The van der Waals surface area contributed by atoms with Crippen molar-refractivity contribution in [3.05, 3.63) is 82.0 Å². The van der Waals surface area contributed by atoms with Gasteiger partial charge in [-0.3, -0.25) is 0 Å². The fourth-order valence-electron chi connectivity index (χ4n) is 3.87. The van der Waals surface area contributed by atoms with Crippen molar-refractivity contribution in [2.45, 2.75) is 43.9 Å². The van der Waals surface area contributed by atoms with E-state index < -0.39 is 37.1 Å². The number of aliphatic hydroxyl groups is 4. The highest BCUT2D eigenvalue weighted by Crippen LogP contribution is 2.35. The Morgan fingerprint density at radius 2 is 1.68 bits per heavy atom. The number of thiophene rings is 1. The molecule has 4 rings (SSSR count). The first kappa shape index (κ1) is 22.1. The van der Waals surface area contributed by atoms with Crippen LogP contribution in [-0.4, -0.2) is 51.4 Å². The van der Waals surface area contributed by atoms with E-state index >= 15 is 0 Å². The van der Waals surface area contributed by atoms with Gasteiger partial charge in [-0.05, 0) is 53.4 Å². The van der Waals surface area contributed by atoms with Gasteiger partial charge in [0.05, 0.1) is 6.61 Å². The summed E-state index contributed by atoms with van der Waals surface area (Å²) in [6.07, 6.45) is -5.21. The molecule has 164 valence electrons. The van der Waals surface area contributed by atoms with E-state index in [1.807, 2.05) is 37.3 Å². The van der Waals surface area contributed by atoms with Gasteiger partial charge in [-0.2, -0.15) is 0 Å². The van der Waals surface area contributed by atoms with Crippen molar-refractivity contribution in [2.24, 2.45) is 0 Å². The number of rotatable bonds is 5. The minimum Gasteiger partial charge on any atom is -0.394 e. The van der Waals surface area contributed by atoms with Crippen LogP contribution in [0, 0.1) is 12.7 Å². The maximum Gasteiger partial charge on any atom is 0.123 e. The Kier molecular flexibility index (Phi) is 6.52. The first-order chi connectivity index (χ1) is 14.9. The Morgan fingerprint density at radius 1 is 0.935 bits per heavy atom. The quantitative estimate of drug-likeness (QED) is 0.486. The van der Waals surface area contributed by atoms with Crippen molar-refractivity contribution in [3.63, 3.8) is 0 Å². The molecule has 31 heavy (non-hydrogen) atoms. The molecule has 0 amide bonds. The highest BCUT2D eigenvalue weighted by molar-refractivity contribution is 7.15. The summed E-state index contributed by atoms with van der Waals surface area (Å²) >= 11 is 1.63. The molecule has 5 nitrogen and oxygen atoms in total. The molecular formula is C24H25FO5S. The Labute approximate surface area is 184 Å². The van der Waals surface area contributed by atoms with Crippen molar-refractivity contribution in [2.75, 3.05) is 6.61 Å². The van der Waals surface area contributed by atoms with Crippen LogP contribution in [0.15, 0.2) is 54.6 Å². The molecule has 3 aromatic rings. The van der Waals surface area contributed by atoms with Crippen LogP contribution >= 0.6 is 11.3 Å². The Bertz CT molecular complexity index is 1030. The van der Waals surface area contributed by atoms with Gasteiger partial charge >= 0.3 is 0 Å². The summed E-state index contributed by atoms with van der Waals surface area (Å²) in [5.74, 6) is -0.263. The smallest absolute Gasteiger partial charge is 0.123 e. The highest BCUT2D eigenvalue weighted by atomic mass is 32.1. The molecule has 0 radical (unpaired) electrons. The van der Waals surface area contributed by atoms with E-state index in [2.05, 4.69) is 0 Å². The summed E-state index contributed by atoms with van der Waals surface area (Å²) in [5, 5.41) is 40.0. The van der Waals surface area contributed by atoms with E-state index in [-0.39, 0.29) is 5.82 Å². The predicted octanol–water partition coefficient (Wildman–Crippen LogP) is 2.97. The van der Waals surface area contributed by atoms with Gasteiger partial charge in [0, 0.05) is 16.2 Å². The third kappa shape index (κ3) is 4.57. The second-order valence-electron chi connectivity index (χ2n) is 7.89. The maximum absolute atomic E-state index is 13.2. The normalized spacial score (nSPS) is 26.2. The Morgan fingerprint density at radius 3 is 2.39 bits per heavy atom. The zero-order valence-electron chi connectivity index (χ0n) is 17.0. The Balaban J connectivity index is 1.57. The predicted molar refractivity (Wildman–Crippen MR) is 116 cm³/mol. The SMILES string of the molecule is Cc1ccc([C@@H]2O[C@H](CO)[C@@H](O)[C@@H](O)[C@@H]2O)cc1Cc1ccc(-c2ccc(F)cc2)s1. The summed E-state index contributed by atoms with van der Waals surface area (Å²) in [5.41, 5.74) is 3.75. The highest BCUT2D eigenvalue weighted by Gasteiger charge is 2.43. The third-order valence-corrected chi connectivity index (χ3v) is 6.88. The molecular weight excluding hydrogens is 419 g/mol. The number of aryl methyl sites for hydroxylation is 1. The molecule has 0 saturated carbocycles. The fourth-order valence-corrected chi connectivity index (χ4v) is 4.90. The van der Waals surface area contributed by atoms with Crippen molar-refractivity contribution in [3.8, 4) is 10.4 Å². The number of halogens is 1. The van der Waals surface area contributed by atoms with Crippen LogP contribution in [0.3, 0.4) is 0 Å². The van der Waals surface area contributed by atoms with E-state index in [4.69, 9.17) is 4.74 Å². The lowest BCUT2D eigenvalue weighted by Crippen LogP contribution is -2.55. The molecule has 0 aliphatic carbocycles. The van der Waals surface area contributed by atoms with E-state index in [0.717, 1.165) is 26.4 Å². The van der Waals surface area contributed by atoms with Crippen molar-refractivity contribution >= 4 is 11.3 Å². The van der Waals surface area contributed by atoms with Gasteiger partial charge in [0.15, 0.2) is 0 Å². The molecule has 1 saturated heterocycles. The molecule has 0 unspecified atom stereocenters. The summed E-state index contributed by atoms with van der Waals surface area (Å²) in [7, 11) is 0. The lowest BCUT2D eigenvalue weighted by molar-refractivity contribution is -0.231. The molecule has 2 heterocycles. The minimum absolute atomic E-state index is 0.263. The number of aliphatic hydroxyl groups excluding tert-OH is 4. The van der Waals surface area contributed by atoms with E-state index in [1.165, 1.54) is 12.1 Å². The van der Waals surface area contributed by atoms with Crippen LogP contribution in [0.1, 0.15) is 27.7 Å². The average Bonchev–Trinajstić information content (AvgIpc) is 3.23. The minimum atomic E-state index is -1.41. The van der Waals surface area contributed by atoms with Crippen LogP contribution in [0.5, 0.6) is 0 Å². The molecule has 7 heteroatoms. The maximum atomic E-state index is 13.2. The number of hydrogen-bond donors (Lipinski definition) is 4. The summed E-state index contributed by atoms with van der Waals surface area (Å²) < 4.78 is 18.9. The lowest BCUT2D eigenvalue weighted by atomic mass is 9.89. The first-order valence-electron chi connectivity index (χ1n) is 10.1. The van der Waals surface area contributed by atoms with Crippen molar-refractivity contribution in [1.82, 2.24) is 0 Å². The molecule has 1 aliphatic rings. The first-order valence-corrected chi connectivity index (χ1v) is 10.9. The molecule has 1 aromatic heterocycles. The van der Waals surface area contributed by atoms with Gasteiger partial charge in [0.25, 0.3) is 0 Å². The molecule has 1 fully saturated rings. The van der Waals surface area contributed by atoms with Crippen molar-refractivity contribution < 1.29 is 29.6 Å². The van der Waals surface area contributed by atoms with E-state index in [9.17, 15) is 24.8 Å². The van der Waals surface area contributed by atoms with Gasteiger partial charge < -0.3 is 25.2 Å². The van der Waals surface area contributed by atoms with Gasteiger partial charge in [-0.15, -0.1) is 11.3 Å². The van der Waals surface area contributed by atoms with Gasteiger partial charge in [0.1, 0.15) is 36.3 Å². The van der Waals surface area contributed by atoms with Crippen LogP contribution in [-0.2, 0) is 11.2 Å². The largest absolute Gasteiger partial charge is 0.394 e. The van der Waals surface area contributed by atoms with E-state index in [0.29, 0.717) is 12.0 Å². The standard InChI is InChI=1S/C24H25FO5S/c1-13-2-3-15(24-23(29)22(28)21(27)19(12-26)30-24)10-16(13)11-18-8-9-20(31-18)14-4-6-17(25)7-5-14/h2-10,19,21-24,26-29H,11-12H2,1H3/t19-,21-,22-,23+,24+/m1/s1. The molecule has 2 aromatic carbocycles. The second-order valence-corrected chi connectivity index (χ2v) is 9.05. The second kappa shape index (κ2) is 9.16. The number of hydrogen-bond acceptors (Lipinski definition) is 6. The van der Waals surface area contributed by atoms with Crippen molar-refractivity contribution in [1.29, 1.82) is 0 Å². The van der Waals surface area contributed by atoms with Gasteiger partial charge in [-0.1, -0.05) is 30.3 Å². The summed E-state index contributed by atoms with van der Waals surface area (Å²) in [6.45, 7) is 1.54. The topological polar surface area (TPSA) is 90.2 Å². The molecule has 1 aliphatic heterocycles. The lowest BCUT2D eigenvalue weighted by Gasteiger charge is -2.40. The third-order valence-electron chi connectivity index (χ3n) is 5.75. The monoisotopic (exact) mass is 444 g/mol. The van der Waals surface area contributed by atoms with Crippen LogP contribution < -0.4 is 0 Å². The van der Waals surface area contributed by atoms with Crippen LogP contribution in [0.25, 0.3) is 10.4 Å². The molecule has 0 spiro atoms. The van der Waals surface area contributed by atoms with Gasteiger partial charge in [-0.25, -0.2) is 4.39 Å². The zero-order valence-corrected chi connectivity index (χ0v) is 17.8. The Hall–Kier alpha value is -2.13.